The first-order chi connectivity index (χ1) is 10.5. The third-order valence-corrected chi connectivity index (χ3v) is 3.94. The molecule has 3 atom stereocenters. The van der Waals surface area contributed by atoms with Gasteiger partial charge in [-0.3, -0.25) is 4.79 Å². The molecule has 0 aliphatic carbocycles. The van der Waals surface area contributed by atoms with E-state index in [4.69, 9.17) is 4.52 Å². The van der Waals surface area contributed by atoms with E-state index < -0.39 is 23.8 Å². The Bertz CT molecular complexity index is 693. The Labute approximate surface area is 124 Å². The summed E-state index contributed by atoms with van der Waals surface area (Å²) >= 11 is 0. The zero-order valence-corrected chi connectivity index (χ0v) is 11.6. The van der Waals surface area contributed by atoms with Gasteiger partial charge in [0.2, 0.25) is 0 Å². The van der Waals surface area contributed by atoms with Gasteiger partial charge in [0.15, 0.2) is 0 Å². The molecule has 4 nitrogen and oxygen atoms in total. The van der Waals surface area contributed by atoms with Crippen LogP contribution in [0.1, 0.15) is 36.3 Å². The number of nitrogens with one attached hydrogen (secondary N) is 2. The predicted octanol–water partition coefficient (Wildman–Crippen LogP) is 2.79. The molecule has 1 aliphatic rings. The molecule has 2 heterocycles. The standard InChI is InChI=1S/C15H15F3N2O2/c16-10-3-9(4-11(17)6-10)15(18)12-5-8(1-2-19-12)13-7-14(21)20-22-13/h3-4,6-8,12,15,19H,1-2,5H2,(H,20,21)/t8-,12-,15?/m0/s1. The van der Waals surface area contributed by atoms with E-state index in [0.29, 0.717) is 31.2 Å². The zero-order valence-electron chi connectivity index (χ0n) is 11.6. The summed E-state index contributed by atoms with van der Waals surface area (Å²) in [7, 11) is 0. The number of hydrogen-bond acceptors (Lipinski definition) is 3. The molecule has 0 saturated carbocycles. The average Bonchev–Trinajstić information content (AvgIpc) is 2.92. The van der Waals surface area contributed by atoms with Crippen LogP contribution in [0.2, 0.25) is 0 Å². The highest BCUT2D eigenvalue weighted by atomic mass is 19.1. The third-order valence-electron chi connectivity index (χ3n) is 3.94. The second-order valence-corrected chi connectivity index (χ2v) is 5.50. The van der Waals surface area contributed by atoms with E-state index in [0.717, 1.165) is 12.1 Å². The van der Waals surface area contributed by atoms with Crippen molar-refractivity contribution in [1.82, 2.24) is 10.5 Å². The number of halogens is 3. The lowest BCUT2D eigenvalue weighted by Crippen LogP contribution is -2.40. The van der Waals surface area contributed by atoms with Crippen LogP contribution in [0.25, 0.3) is 0 Å². The molecule has 0 spiro atoms. The van der Waals surface area contributed by atoms with E-state index in [2.05, 4.69) is 10.5 Å². The van der Waals surface area contributed by atoms with E-state index in [9.17, 15) is 18.0 Å². The zero-order chi connectivity index (χ0) is 15.7. The smallest absolute Gasteiger partial charge is 0.280 e. The number of rotatable bonds is 3. The van der Waals surface area contributed by atoms with Gasteiger partial charge in [0.1, 0.15) is 23.6 Å². The molecule has 3 rings (SSSR count). The molecule has 2 N–H and O–H groups in total. The SMILES string of the molecule is O=c1cc([C@H]2CCN[C@H](C(F)c3cc(F)cc(F)c3)C2)o[nH]1. The number of H-pyrrole nitrogens is 1. The van der Waals surface area contributed by atoms with Crippen LogP contribution >= 0.6 is 0 Å². The van der Waals surface area contributed by atoms with Crippen molar-refractivity contribution in [2.45, 2.75) is 31.0 Å². The van der Waals surface area contributed by atoms with Gasteiger partial charge in [-0.1, -0.05) is 0 Å². The van der Waals surface area contributed by atoms with E-state index in [1.54, 1.807) is 0 Å². The molecule has 0 radical (unpaired) electrons. The summed E-state index contributed by atoms with van der Waals surface area (Å²) in [5, 5.41) is 5.23. The number of benzene rings is 1. The van der Waals surface area contributed by atoms with Gasteiger partial charge >= 0.3 is 0 Å². The van der Waals surface area contributed by atoms with Gasteiger partial charge in [0.25, 0.3) is 5.56 Å². The van der Waals surface area contributed by atoms with Crippen molar-refractivity contribution in [3.63, 3.8) is 0 Å². The topological polar surface area (TPSA) is 58.0 Å². The van der Waals surface area contributed by atoms with Crippen LogP contribution in [-0.4, -0.2) is 17.7 Å². The van der Waals surface area contributed by atoms with E-state index in [-0.39, 0.29) is 17.0 Å². The second-order valence-electron chi connectivity index (χ2n) is 5.50. The van der Waals surface area contributed by atoms with Crippen LogP contribution in [-0.2, 0) is 0 Å². The van der Waals surface area contributed by atoms with Gasteiger partial charge in [0.05, 0.1) is 0 Å². The van der Waals surface area contributed by atoms with Gasteiger partial charge in [-0.2, -0.15) is 5.16 Å². The van der Waals surface area contributed by atoms with Crippen LogP contribution in [0.5, 0.6) is 0 Å². The molecule has 118 valence electrons. The molecule has 1 aromatic carbocycles. The van der Waals surface area contributed by atoms with Gasteiger partial charge < -0.3 is 9.84 Å². The summed E-state index contributed by atoms with van der Waals surface area (Å²) in [6.45, 7) is 0.530. The molecule has 1 saturated heterocycles. The first kappa shape index (κ1) is 14.9. The average molecular weight is 312 g/mol. The lowest BCUT2D eigenvalue weighted by atomic mass is 9.86. The molecule has 2 aromatic rings. The summed E-state index contributed by atoms with van der Waals surface area (Å²) in [6, 6.07) is 3.45. The van der Waals surface area contributed by atoms with Crippen molar-refractivity contribution < 1.29 is 17.7 Å². The Hall–Kier alpha value is -2.02. The van der Waals surface area contributed by atoms with Gasteiger partial charge in [0, 0.05) is 24.1 Å². The van der Waals surface area contributed by atoms with Crippen LogP contribution in [0.3, 0.4) is 0 Å². The van der Waals surface area contributed by atoms with Crippen molar-refractivity contribution in [3.8, 4) is 0 Å². The summed E-state index contributed by atoms with van der Waals surface area (Å²) in [5.74, 6) is -1.24. The molecule has 22 heavy (non-hydrogen) atoms. The molecule has 0 amide bonds. The second kappa shape index (κ2) is 6.00. The minimum Gasteiger partial charge on any atom is -0.383 e. The highest BCUT2D eigenvalue weighted by Gasteiger charge is 2.32. The molecule has 1 aliphatic heterocycles. The number of hydrogen-bond donors (Lipinski definition) is 2. The highest BCUT2D eigenvalue weighted by Crippen LogP contribution is 2.34. The summed E-state index contributed by atoms with van der Waals surface area (Å²) in [6.07, 6.45) is -0.472. The summed E-state index contributed by atoms with van der Waals surface area (Å²) in [4.78, 5) is 11.1. The minimum atomic E-state index is -1.54. The first-order valence-corrected chi connectivity index (χ1v) is 7.05. The number of piperidine rings is 1. The maximum Gasteiger partial charge on any atom is 0.280 e. The van der Waals surface area contributed by atoms with E-state index >= 15 is 0 Å². The Kier molecular flexibility index (Phi) is 4.06. The van der Waals surface area contributed by atoms with Crippen molar-refractivity contribution >= 4 is 0 Å². The molecule has 1 unspecified atom stereocenters. The fourth-order valence-electron chi connectivity index (χ4n) is 2.90. The monoisotopic (exact) mass is 312 g/mol. The fraction of sp³-hybridized carbons (Fsp3) is 0.400. The van der Waals surface area contributed by atoms with Crippen LogP contribution in [0.15, 0.2) is 33.6 Å². The third kappa shape index (κ3) is 3.09. The molecular weight excluding hydrogens is 297 g/mol. The van der Waals surface area contributed by atoms with Crippen molar-refractivity contribution in [2.75, 3.05) is 6.54 Å². The maximum absolute atomic E-state index is 14.6. The fourth-order valence-corrected chi connectivity index (χ4v) is 2.90. The van der Waals surface area contributed by atoms with Gasteiger partial charge in [-0.25, -0.2) is 13.2 Å². The highest BCUT2D eigenvalue weighted by molar-refractivity contribution is 5.22. The Morgan fingerprint density at radius 2 is 1.91 bits per heavy atom. The van der Waals surface area contributed by atoms with Gasteiger partial charge in [-0.15, -0.1) is 0 Å². The largest absolute Gasteiger partial charge is 0.383 e. The summed E-state index contributed by atoms with van der Waals surface area (Å²) < 4.78 is 46.1. The lowest BCUT2D eigenvalue weighted by Gasteiger charge is -2.31. The molecule has 1 aromatic heterocycles. The van der Waals surface area contributed by atoms with Crippen molar-refractivity contribution in [3.05, 3.63) is 57.6 Å². The van der Waals surface area contributed by atoms with Crippen LogP contribution in [0, 0.1) is 11.6 Å². The van der Waals surface area contributed by atoms with E-state index in [1.165, 1.54) is 6.07 Å². The quantitative estimate of drug-likeness (QED) is 0.916. The van der Waals surface area contributed by atoms with Gasteiger partial charge in [-0.05, 0) is 37.1 Å². The minimum absolute atomic E-state index is 0.0360. The van der Waals surface area contributed by atoms with E-state index in [1.807, 2.05) is 0 Å². The number of aromatic amines is 1. The predicted molar refractivity (Wildman–Crippen MR) is 73.3 cm³/mol. The number of alkyl halides is 1. The molecule has 1 fully saturated rings. The molecular formula is C15H15F3N2O2. The molecule has 0 bridgehead atoms. The first-order valence-electron chi connectivity index (χ1n) is 7.05. The maximum atomic E-state index is 14.6. The Morgan fingerprint density at radius 1 is 1.18 bits per heavy atom. The normalized spacial score (nSPS) is 23.4. The van der Waals surface area contributed by atoms with Crippen LogP contribution in [0.4, 0.5) is 13.2 Å². The Morgan fingerprint density at radius 3 is 2.55 bits per heavy atom. The Balaban J connectivity index is 1.77. The summed E-state index contributed by atoms with van der Waals surface area (Å²) in [5.41, 5.74) is -0.375. The number of aromatic nitrogens is 1. The lowest BCUT2D eigenvalue weighted by molar-refractivity contribution is 0.196. The van der Waals surface area contributed by atoms with Crippen molar-refractivity contribution in [2.24, 2.45) is 0 Å². The molecule has 7 heteroatoms. The van der Waals surface area contributed by atoms with Crippen molar-refractivity contribution in [1.29, 1.82) is 0 Å². The van der Waals surface area contributed by atoms with Crippen LogP contribution < -0.4 is 10.9 Å².